The summed E-state index contributed by atoms with van der Waals surface area (Å²) in [7, 11) is 1.83. The van der Waals surface area contributed by atoms with Crippen molar-refractivity contribution >= 4 is 40.5 Å². The third kappa shape index (κ3) is 5.42. The van der Waals surface area contributed by atoms with Crippen LogP contribution in [0.2, 0.25) is 0 Å². The highest BCUT2D eigenvalue weighted by Crippen LogP contribution is 2.41. The molecule has 2 fully saturated rings. The first-order valence-corrected chi connectivity index (χ1v) is 13.7. The van der Waals surface area contributed by atoms with Gasteiger partial charge in [-0.25, -0.2) is 14.3 Å². The highest BCUT2D eigenvalue weighted by molar-refractivity contribution is 6.01. The van der Waals surface area contributed by atoms with E-state index in [4.69, 9.17) is 4.98 Å². The van der Waals surface area contributed by atoms with Gasteiger partial charge < -0.3 is 15.5 Å². The molecule has 0 aliphatic carbocycles. The largest absolute Gasteiger partial charge is 0.370 e. The molecular weight excluding hydrogens is 506 g/mol. The Morgan fingerprint density at radius 3 is 2.62 bits per heavy atom. The molecule has 2 aliphatic heterocycles. The van der Waals surface area contributed by atoms with E-state index >= 15 is 0 Å². The van der Waals surface area contributed by atoms with Crippen LogP contribution in [0.4, 0.5) is 17.3 Å². The van der Waals surface area contributed by atoms with Crippen LogP contribution in [0.15, 0.2) is 65.2 Å². The van der Waals surface area contributed by atoms with Gasteiger partial charge in [-0.1, -0.05) is 6.08 Å². The Morgan fingerprint density at radius 1 is 1.25 bits per heavy atom. The number of benzene rings is 1. The van der Waals surface area contributed by atoms with E-state index in [2.05, 4.69) is 44.3 Å². The van der Waals surface area contributed by atoms with Crippen molar-refractivity contribution in [2.75, 3.05) is 43.4 Å². The van der Waals surface area contributed by atoms with Crippen molar-refractivity contribution in [1.82, 2.24) is 29.7 Å². The van der Waals surface area contributed by atoms with Crippen molar-refractivity contribution < 1.29 is 4.79 Å². The molecule has 0 amide bonds. The lowest BCUT2D eigenvalue weighted by Crippen LogP contribution is -2.60. The molecule has 11 heteroatoms. The second-order valence-corrected chi connectivity index (χ2v) is 10.8. The van der Waals surface area contributed by atoms with Crippen molar-refractivity contribution in [3.63, 3.8) is 0 Å². The number of fused-ring (bicyclic) bond motifs is 1. The minimum Gasteiger partial charge on any atom is -0.370 e. The molecule has 0 radical (unpaired) electrons. The van der Waals surface area contributed by atoms with Gasteiger partial charge in [-0.05, 0) is 76.2 Å². The molecule has 0 saturated carbocycles. The van der Waals surface area contributed by atoms with Crippen molar-refractivity contribution in [3.8, 4) is 0 Å². The number of carbonyl (C=O) groups is 1. The molecule has 2 aromatic heterocycles. The molecule has 5 rings (SSSR count). The van der Waals surface area contributed by atoms with Gasteiger partial charge in [-0.2, -0.15) is 10.1 Å². The van der Waals surface area contributed by atoms with Gasteiger partial charge in [0.15, 0.2) is 11.5 Å². The number of nitrogens with zero attached hydrogens (tertiary/aromatic N) is 7. The Hall–Kier alpha value is -4.25. The van der Waals surface area contributed by atoms with Gasteiger partial charge in [0, 0.05) is 49.2 Å². The van der Waals surface area contributed by atoms with Crippen LogP contribution in [-0.2, 0) is 11.3 Å². The van der Waals surface area contributed by atoms with E-state index in [9.17, 15) is 9.59 Å². The normalized spacial score (nSPS) is 17.0. The highest BCUT2D eigenvalue weighted by atomic mass is 16.1. The SMILES string of the molecule is C=CCn1c(=O)c2cnc(Nc3ccc(N4CC5(CCNCC5)C4)cc3)nc2n1C(/C=C\C=O)=N/N(C)C(C)C. The quantitative estimate of drug-likeness (QED) is 0.106. The molecule has 3 aromatic rings. The Labute approximate surface area is 233 Å². The van der Waals surface area contributed by atoms with Gasteiger partial charge in [-0.3, -0.25) is 14.6 Å². The number of piperidine rings is 1. The zero-order valence-corrected chi connectivity index (χ0v) is 23.4. The molecule has 2 N–H and O–H groups in total. The van der Waals surface area contributed by atoms with Gasteiger partial charge in [0.1, 0.15) is 11.7 Å². The van der Waals surface area contributed by atoms with Crippen LogP contribution in [-0.4, -0.2) is 75.7 Å². The first-order valence-electron chi connectivity index (χ1n) is 13.7. The fourth-order valence-electron chi connectivity index (χ4n) is 5.26. The average Bonchev–Trinajstić information content (AvgIpc) is 3.21. The van der Waals surface area contributed by atoms with Crippen molar-refractivity contribution in [2.24, 2.45) is 10.5 Å². The summed E-state index contributed by atoms with van der Waals surface area (Å²) in [5.74, 6) is 0.714. The minimum absolute atomic E-state index is 0.0947. The van der Waals surface area contributed by atoms with Crippen LogP contribution in [0.25, 0.3) is 11.0 Å². The zero-order chi connectivity index (χ0) is 28.3. The molecule has 1 aromatic carbocycles. The van der Waals surface area contributed by atoms with Crippen LogP contribution in [0.5, 0.6) is 0 Å². The van der Waals surface area contributed by atoms with Crippen LogP contribution < -0.4 is 21.1 Å². The molecule has 2 saturated heterocycles. The molecule has 1 spiro atoms. The van der Waals surface area contributed by atoms with Crippen LogP contribution >= 0.6 is 0 Å². The Bertz CT molecular complexity index is 1490. The molecule has 210 valence electrons. The van der Waals surface area contributed by atoms with Gasteiger partial charge in [-0.15, -0.1) is 6.58 Å². The second-order valence-electron chi connectivity index (χ2n) is 10.8. The Balaban J connectivity index is 1.44. The van der Waals surface area contributed by atoms with Crippen LogP contribution in [0, 0.1) is 5.41 Å². The maximum absolute atomic E-state index is 13.3. The summed E-state index contributed by atoms with van der Waals surface area (Å²) in [6.45, 7) is 12.5. The number of hydrogen-bond donors (Lipinski definition) is 2. The molecule has 0 unspecified atom stereocenters. The maximum atomic E-state index is 13.3. The summed E-state index contributed by atoms with van der Waals surface area (Å²) in [5, 5.41) is 13.5. The molecule has 11 nitrogen and oxygen atoms in total. The molecule has 0 atom stereocenters. The van der Waals surface area contributed by atoms with Gasteiger partial charge in [0.25, 0.3) is 5.56 Å². The lowest BCUT2D eigenvalue weighted by atomic mass is 9.72. The number of aldehydes is 1. The van der Waals surface area contributed by atoms with E-state index in [0.717, 1.165) is 31.9 Å². The monoisotopic (exact) mass is 543 g/mol. The second kappa shape index (κ2) is 11.5. The predicted octanol–water partition coefficient (Wildman–Crippen LogP) is 2.97. The minimum atomic E-state index is -0.272. The Kier molecular flexibility index (Phi) is 7.83. The van der Waals surface area contributed by atoms with E-state index in [-0.39, 0.29) is 18.1 Å². The summed E-state index contributed by atoms with van der Waals surface area (Å²) >= 11 is 0. The lowest BCUT2D eigenvalue weighted by Gasteiger charge is -2.53. The van der Waals surface area contributed by atoms with Crippen molar-refractivity contribution in [3.05, 3.63) is 65.6 Å². The first-order chi connectivity index (χ1) is 19.3. The number of aromatic nitrogens is 4. The van der Waals surface area contributed by atoms with Crippen LogP contribution in [0.3, 0.4) is 0 Å². The number of allylic oxidation sites excluding steroid dienone is 3. The van der Waals surface area contributed by atoms with E-state index in [1.165, 1.54) is 35.5 Å². The molecule has 4 heterocycles. The molecular formula is C29H37N9O2. The van der Waals surface area contributed by atoms with Crippen molar-refractivity contribution in [1.29, 1.82) is 0 Å². The lowest BCUT2D eigenvalue weighted by molar-refractivity contribution is -0.104. The van der Waals surface area contributed by atoms with Gasteiger partial charge in [0.05, 0.1) is 6.54 Å². The fraction of sp³-hybridized carbons (Fsp3) is 0.414. The predicted molar refractivity (Wildman–Crippen MR) is 159 cm³/mol. The fourth-order valence-corrected chi connectivity index (χ4v) is 5.26. The Morgan fingerprint density at radius 2 is 1.98 bits per heavy atom. The number of rotatable bonds is 9. The highest BCUT2D eigenvalue weighted by Gasteiger charge is 2.43. The number of hydrogen-bond acceptors (Lipinski definition) is 9. The molecule has 0 bridgehead atoms. The van der Waals surface area contributed by atoms with E-state index in [1.807, 2.05) is 33.0 Å². The number of nitrogens with one attached hydrogen (secondary N) is 2. The summed E-state index contributed by atoms with van der Waals surface area (Å²) in [6, 6.07) is 8.36. The number of carbonyl (C=O) groups excluding carboxylic acids is 1. The van der Waals surface area contributed by atoms with Gasteiger partial charge in [0.2, 0.25) is 5.95 Å². The maximum Gasteiger partial charge on any atom is 0.278 e. The number of anilines is 3. The molecule has 40 heavy (non-hydrogen) atoms. The summed E-state index contributed by atoms with van der Waals surface area (Å²) in [4.78, 5) is 36.0. The average molecular weight is 544 g/mol. The van der Waals surface area contributed by atoms with Crippen molar-refractivity contribution in [2.45, 2.75) is 39.3 Å². The third-order valence-corrected chi connectivity index (χ3v) is 7.73. The van der Waals surface area contributed by atoms with Crippen LogP contribution in [0.1, 0.15) is 26.7 Å². The summed E-state index contributed by atoms with van der Waals surface area (Å²) in [6.07, 6.45) is 9.20. The standard InChI is InChI=1S/C29H37N9O2/c1-5-16-37-27(40)24-18-31-28(33-26(24)38(37)25(7-6-17-39)34-35(4)21(2)3)32-22-8-10-23(11-9-22)36-19-29(20-36)12-14-30-15-13-29/h5-11,17-18,21,30H,1,12-16,19-20H2,2-4H3,(H,31,32,33)/b7-6-,34-25+. The summed E-state index contributed by atoms with van der Waals surface area (Å²) in [5.41, 5.74) is 2.62. The molecule has 2 aliphatic rings. The van der Waals surface area contributed by atoms with E-state index in [1.54, 1.807) is 21.8 Å². The summed E-state index contributed by atoms with van der Waals surface area (Å²) < 4.78 is 3.09. The van der Waals surface area contributed by atoms with E-state index < -0.39 is 0 Å². The topological polar surface area (TPSA) is 113 Å². The van der Waals surface area contributed by atoms with Gasteiger partial charge >= 0.3 is 0 Å². The van der Waals surface area contributed by atoms with E-state index in [0.29, 0.717) is 34.5 Å². The zero-order valence-electron chi connectivity index (χ0n) is 23.4. The first kappa shape index (κ1) is 27.3. The smallest absolute Gasteiger partial charge is 0.278 e. The third-order valence-electron chi connectivity index (χ3n) is 7.73. The number of hydrazone groups is 1.